The topological polar surface area (TPSA) is 114 Å². The Morgan fingerprint density at radius 3 is 1.40 bits per heavy atom. The first kappa shape index (κ1) is 34.4. The summed E-state index contributed by atoms with van der Waals surface area (Å²) in [4.78, 5) is 53.6. The average Bonchev–Trinajstić information content (AvgIpc) is 3.14. The second-order valence-corrected chi connectivity index (χ2v) is 12.1. The first-order valence-corrected chi connectivity index (χ1v) is 16.8. The van der Waals surface area contributed by atoms with E-state index in [1.807, 2.05) is 6.92 Å². The van der Waals surface area contributed by atoms with Crippen LogP contribution in [-0.2, 0) is 23.7 Å². The number of carbonyl (C=O) groups is 4. The summed E-state index contributed by atoms with van der Waals surface area (Å²) in [5.74, 6) is -2.10. The van der Waals surface area contributed by atoms with E-state index in [-0.39, 0.29) is 23.3 Å². The molecule has 10 heteroatoms. The zero-order chi connectivity index (χ0) is 33.7. The van der Waals surface area contributed by atoms with E-state index >= 15 is 0 Å². The summed E-state index contributed by atoms with van der Waals surface area (Å²) in [5, 5.41) is 0. The number of unbranched alkanes of at least 4 members (excludes halogenated alkanes) is 1. The summed E-state index contributed by atoms with van der Waals surface area (Å²) >= 11 is 1.37. The van der Waals surface area contributed by atoms with Crippen LogP contribution in [0.5, 0.6) is 0 Å². The van der Waals surface area contributed by atoms with Crippen LogP contribution in [0, 0.1) is 0 Å². The maximum absolute atomic E-state index is 13.6. The van der Waals surface area contributed by atoms with Crippen LogP contribution in [0.3, 0.4) is 0 Å². The zero-order valence-electron chi connectivity index (χ0n) is 26.3. The first-order chi connectivity index (χ1) is 23.4. The molecule has 0 radical (unpaired) electrons. The minimum Gasteiger partial charge on any atom is -0.459 e. The van der Waals surface area contributed by atoms with Crippen molar-refractivity contribution in [2.24, 2.45) is 0 Å². The molecule has 5 rings (SSSR count). The molecule has 1 aliphatic rings. The maximum Gasteiger partial charge on any atom is 0.338 e. The van der Waals surface area contributed by atoms with Crippen molar-refractivity contribution in [1.29, 1.82) is 0 Å². The van der Waals surface area contributed by atoms with Crippen molar-refractivity contribution >= 4 is 35.6 Å². The SMILES string of the molecule is CCCCS[C@@H]1O[C@H](COC(=O)c2ccccc2)[C@@H](OC(=O)c2ccccc2)[C@H](OC(=O)c2ccccc2)[C@H]1OC(=O)c1ccccc1. The number of hydrogen-bond donors (Lipinski definition) is 0. The Bertz CT molecular complexity index is 1630. The Morgan fingerprint density at radius 1 is 0.562 bits per heavy atom. The fourth-order valence-corrected chi connectivity index (χ4v) is 6.31. The Kier molecular flexibility index (Phi) is 12.4. The molecule has 0 unspecified atom stereocenters. The van der Waals surface area contributed by atoms with E-state index in [0.717, 1.165) is 12.8 Å². The lowest BCUT2D eigenvalue weighted by atomic mass is 9.98. The lowest BCUT2D eigenvalue weighted by Gasteiger charge is -2.44. The van der Waals surface area contributed by atoms with Crippen LogP contribution in [0.1, 0.15) is 61.2 Å². The molecule has 48 heavy (non-hydrogen) atoms. The van der Waals surface area contributed by atoms with Gasteiger partial charge in [0.2, 0.25) is 0 Å². The third-order valence-electron chi connectivity index (χ3n) is 7.52. The minimum absolute atomic E-state index is 0.239. The van der Waals surface area contributed by atoms with Gasteiger partial charge in [-0.05, 0) is 60.7 Å². The van der Waals surface area contributed by atoms with Crippen molar-refractivity contribution in [2.45, 2.75) is 49.6 Å². The molecular formula is C38H36O9S. The number of hydrogen-bond acceptors (Lipinski definition) is 10. The van der Waals surface area contributed by atoms with Gasteiger partial charge in [-0.2, -0.15) is 0 Å². The smallest absolute Gasteiger partial charge is 0.338 e. The van der Waals surface area contributed by atoms with Gasteiger partial charge in [-0.25, -0.2) is 19.2 Å². The van der Waals surface area contributed by atoms with Gasteiger partial charge in [-0.1, -0.05) is 86.1 Å². The second kappa shape index (κ2) is 17.3. The van der Waals surface area contributed by atoms with Crippen LogP contribution < -0.4 is 0 Å². The lowest BCUT2D eigenvalue weighted by molar-refractivity contribution is -0.207. The highest BCUT2D eigenvalue weighted by Crippen LogP contribution is 2.36. The van der Waals surface area contributed by atoms with Gasteiger partial charge in [0.25, 0.3) is 0 Å². The van der Waals surface area contributed by atoms with Crippen LogP contribution in [0.2, 0.25) is 0 Å². The molecule has 4 aromatic rings. The van der Waals surface area contributed by atoms with Gasteiger partial charge in [-0.15, -0.1) is 11.8 Å². The zero-order valence-corrected chi connectivity index (χ0v) is 27.2. The fourth-order valence-electron chi connectivity index (χ4n) is 5.01. The van der Waals surface area contributed by atoms with Crippen LogP contribution in [-0.4, -0.2) is 66.1 Å². The van der Waals surface area contributed by atoms with Crippen molar-refractivity contribution in [2.75, 3.05) is 12.4 Å². The highest BCUT2D eigenvalue weighted by molar-refractivity contribution is 7.99. The summed E-state index contributed by atoms with van der Waals surface area (Å²) in [6, 6.07) is 33.4. The number of rotatable bonds is 13. The van der Waals surface area contributed by atoms with Gasteiger partial charge in [0.05, 0.1) is 22.3 Å². The van der Waals surface area contributed by atoms with Gasteiger partial charge in [0.15, 0.2) is 18.3 Å². The van der Waals surface area contributed by atoms with Crippen molar-refractivity contribution in [3.05, 3.63) is 144 Å². The summed E-state index contributed by atoms with van der Waals surface area (Å²) in [5.41, 5.74) is 0.210. The Labute approximate surface area is 283 Å². The van der Waals surface area contributed by atoms with Crippen molar-refractivity contribution < 1.29 is 42.9 Å². The van der Waals surface area contributed by atoms with Gasteiger partial charge in [0, 0.05) is 0 Å². The first-order valence-electron chi connectivity index (χ1n) is 15.7. The molecule has 1 saturated heterocycles. The van der Waals surface area contributed by atoms with E-state index in [0.29, 0.717) is 11.3 Å². The van der Waals surface area contributed by atoms with Crippen LogP contribution in [0.4, 0.5) is 0 Å². The highest BCUT2D eigenvalue weighted by atomic mass is 32.2. The standard InChI is InChI=1S/C38H36O9S/c1-2-3-24-48-38-33(47-37(42)29-22-14-7-15-23-29)32(46-36(41)28-20-12-6-13-21-28)31(45-35(40)27-18-10-5-11-19-27)30(44-38)25-43-34(39)26-16-8-4-9-17-26/h4-23,30-33,38H,2-3,24-25H2,1H3/t30-,31-,32+,33-,38+/m1/s1. The van der Waals surface area contributed by atoms with Crippen LogP contribution in [0.15, 0.2) is 121 Å². The molecule has 1 heterocycles. The summed E-state index contributed by atoms with van der Waals surface area (Å²) < 4.78 is 30.4. The van der Waals surface area contributed by atoms with Crippen LogP contribution in [0.25, 0.3) is 0 Å². The van der Waals surface area contributed by atoms with Crippen molar-refractivity contribution in [1.82, 2.24) is 0 Å². The van der Waals surface area contributed by atoms with Crippen molar-refractivity contribution in [3.63, 3.8) is 0 Å². The van der Waals surface area contributed by atoms with E-state index in [1.54, 1.807) is 121 Å². The molecule has 0 amide bonds. The van der Waals surface area contributed by atoms with Crippen LogP contribution >= 0.6 is 11.8 Å². The summed E-state index contributed by atoms with van der Waals surface area (Å²) in [7, 11) is 0. The molecule has 5 atom stereocenters. The molecule has 0 spiro atoms. The second-order valence-electron chi connectivity index (χ2n) is 10.9. The fraction of sp³-hybridized carbons (Fsp3) is 0.263. The average molecular weight is 669 g/mol. The van der Waals surface area contributed by atoms with E-state index in [4.69, 9.17) is 23.7 Å². The molecule has 1 aliphatic heterocycles. The minimum atomic E-state index is -1.34. The Morgan fingerprint density at radius 2 is 0.958 bits per heavy atom. The monoisotopic (exact) mass is 668 g/mol. The predicted molar refractivity (Wildman–Crippen MR) is 180 cm³/mol. The van der Waals surface area contributed by atoms with Gasteiger partial charge < -0.3 is 23.7 Å². The van der Waals surface area contributed by atoms with Gasteiger partial charge >= 0.3 is 23.9 Å². The number of carbonyl (C=O) groups excluding carboxylic acids is 4. The largest absolute Gasteiger partial charge is 0.459 e. The Hall–Kier alpha value is -4.93. The molecule has 9 nitrogen and oxygen atoms in total. The third-order valence-corrected chi connectivity index (χ3v) is 8.75. The summed E-state index contributed by atoms with van der Waals surface area (Å²) in [6.07, 6.45) is -3.25. The molecule has 0 aliphatic carbocycles. The van der Waals surface area contributed by atoms with Gasteiger partial charge in [0.1, 0.15) is 18.1 Å². The van der Waals surface area contributed by atoms with E-state index < -0.39 is 53.7 Å². The van der Waals surface area contributed by atoms with E-state index in [1.165, 1.54) is 11.8 Å². The molecule has 0 N–H and O–H groups in total. The van der Waals surface area contributed by atoms with E-state index in [2.05, 4.69) is 0 Å². The lowest BCUT2D eigenvalue weighted by Crippen LogP contribution is -2.61. The molecule has 1 fully saturated rings. The quantitative estimate of drug-likeness (QED) is 0.0858. The van der Waals surface area contributed by atoms with E-state index in [9.17, 15) is 19.2 Å². The number of esters is 4. The predicted octanol–water partition coefficient (Wildman–Crippen LogP) is 6.78. The molecule has 248 valence electrons. The molecule has 0 aromatic heterocycles. The Balaban J connectivity index is 1.53. The molecule has 4 aromatic carbocycles. The number of thioether (sulfide) groups is 1. The molecule has 0 bridgehead atoms. The molecule has 0 saturated carbocycles. The highest BCUT2D eigenvalue weighted by Gasteiger charge is 2.53. The number of ether oxygens (including phenoxy) is 5. The third kappa shape index (κ3) is 9.11. The maximum atomic E-state index is 13.6. The summed E-state index contributed by atoms with van der Waals surface area (Å²) in [6.45, 7) is 1.70. The molecular weight excluding hydrogens is 632 g/mol. The number of benzene rings is 4. The van der Waals surface area contributed by atoms with Gasteiger partial charge in [-0.3, -0.25) is 0 Å². The van der Waals surface area contributed by atoms with Crippen molar-refractivity contribution in [3.8, 4) is 0 Å². The normalized spacial score (nSPS) is 20.2.